The molecule has 0 bridgehead atoms. The Labute approximate surface area is 186 Å². The fourth-order valence-electron chi connectivity index (χ4n) is 4.34. The molecule has 32 heavy (non-hydrogen) atoms. The van der Waals surface area contributed by atoms with Crippen LogP contribution in [0.25, 0.3) is 21.9 Å². The maximum absolute atomic E-state index is 13.0. The van der Waals surface area contributed by atoms with Gasteiger partial charge >= 0.3 is 11.2 Å². The molecule has 0 amide bonds. The molecule has 0 saturated heterocycles. The van der Waals surface area contributed by atoms with Crippen LogP contribution in [0.15, 0.2) is 56.2 Å². The van der Waals surface area contributed by atoms with Crippen molar-refractivity contribution in [2.45, 2.75) is 46.5 Å². The predicted octanol–water partition coefficient (Wildman–Crippen LogP) is 4.73. The lowest BCUT2D eigenvalue weighted by atomic mass is 9.80. The molecular weight excluding hydrogens is 404 g/mol. The van der Waals surface area contributed by atoms with Crippen LogP contribution in [0.4, 0.5) is 0 Å². The molecule has 0 fully saturated rings. The van der Waals surface area contributed by atoms with Gasteiger partial charge in [-0.25, -0.2) is 4.79 Å². The van der Waals surface area contributed by atoms with Gasteiger partial charge in [0.15, 0.2) is 0 Å². The van der Waals surface area contributed by atoms with Crippen molar-refractivity contribution in [1.29, 1.82) is 0 Å². The molecule has 0 saturated carbocycles. The number of nitrogens with zero attached hydrogens (tertiary/aromatic N) is 2. The third kappa shape index (κ3) is 4.33. The summed E-state index contributed by atoms with van der Waals surface area (Å²) in [4.78, 5) is 31.6. The van der Waals surface area contributed by atoms with E-state index >= 15 is 0 Å². The van der Waals surface area contributed by atoms with Gasteiger partial charge in [-0.15, -0.1) is 4.68 Å². The Morgan fingerprint density at radius 2 is 2.06 bits per heavy atom. The van der Waals surface area contributed by atoms with Gasteiger partial charge in [0.05, 0.1) is 12.6 Å². The van der Waals surface area contributed by atoms with E-state index in [-0.39, 0.29) is 5.92 Å². The Bertz CT molecular complexity index is 1350. The monoisotopic (exact) mass is 434 g/mol. The van der Waals surface area contributed by atoms with E-state index in [1.54, 1.807) is 25.5 Å². The zero-order valence-electron chi connectivity index (χ0n) is 19.1. The first kappa shape index (κ1) is 21.9. The summed E-state index contributed by atoms with van der Waals surface area (Å²) in [6, 6.07) is 5.42. The number of H-pyrrole nitrogens is 2. The van der Waals surface area contributed by atoms with E-state index in [1.807, 2.05) is 6.07 Å². The van der Waals surface area contributed by atoms with Crippen LogP contribution in [-0.4, -0.2) is 28.0 Å². The van der Waals surface area contributed by atoms with E-state index in [9.17, 15) is 9.59 Å². The van der Waals surface area contributed by atoms with Gasteiger partial charge in [0, 0.05) is 23.0 Å². The first-order chi connectivity index (χ1) is 15.4. The summed E-state index contributed by atoms with van der Waals surface area (Å²) < 4.78 is 6.17. The number of aromatic amines is 2. The summed E-state index contributed by atoms with van der Waals surface area (Å²) >= 11 is 0. The molecule has 0 aliphatic heterocycles. The van der Waals surface area contributed by atoms with Gasteiger partial charge in [-0.2, -0.15) is 5.10 Å². The minimum Gasteiger partial charge on any atom is -0.497 e. The SMILES string of the molecule is COc1ccc2[nH]c3c(=O)n(/N=C/[C@H]4CC=C(CCC=C(C)C)C[C@@H]4C)c(=O)[nH]c3c2c1. The lowest BCUT2D eigenvalue weighted by Crippen LogP contribution is -2.32. The van der Waals surface area contributed by atoms with Crippen LogP contribution in [0.2, 0.25) is 0 Å². The number of ether oxygens (including phenoxy) is 1. The quantitative estimate of drug-likeness (QED) is 0.434. The number of hydrogen-bond donors (Lipinski definition) is 2. The molecule has 2 aromatic heterocycles. The molecule has 7 heteroatoms. The van der Waals surface area contributed by atoms with Crippen LogP contribution in [0.5, 0.6) is 5.75 Å². The lowest BCUT2D eigenvalue weighted by Gasteiger charge is -2.25. The van der Waals surface area contributed by atoms with Gasteiger partial charge in [0.1, 0.15) is 11.3 Å². The molecule has 168 valence electrons. The van der Waals surface area contributed by atoms with Crippen molar-refractivity contribution >= 4 is 28.2 Å². The molecule has 2 atom stereocenters. The fraction of sp³-hybridized carbons (Fsp3) is 0.400. The molecule has 1 aliphatic rings. The summed E-state index contributed by atoms with van der Waals surface area (Å²) in [6.07, 6.45) is 10.4. The van der Waals surface area contributed by atoms with Gasteiger partial charge in [-0.1, -0.05) is 30.2 Å². The average molecular weight is 435 g/mol. The normalized spacial score (nSPS) is 18.9. The number of hydrogen-bond acceptors (Lipinski definition) is 4. The predicted molar refractivity (Wildman–Crippen MR) is 130 cm³/mol. The molecule has 0 radical (unpaired) electrons. The average Bonchev–Trinajstić information content (AvgIpc) is 3.12. The van der Waals surface area contributed by atoms with Crippen LogP contribution in [-0.2, 0) is 0 Å². The maximum Gasteiger partial charge on any atom is 0.350 e. The van der Waals surface area contributed by atoms with Crippen LogP contribution < -0.4 is 16.0 Å². The Morgan fingerprint density at radius 3 is 2.78 bits per heavy atom. The van der Waals surface area contributed by atoms with E-state index in [2.05, 4.69) is 48.0 Å². The van der Waals surface area contributed by atoms with Crippen LogP contribution >= 0.6 is 0 Å². The Balaban J connectivity index is 1.60. The molecule has 2 N–H and O–H groups in total. The zero-order valence-corrected chi connectivity index (χ0v) is 19.1. The molecule has 0 spiro atoms. The molecule has 3 aromatic rings. The van der Waals surface area contributed by atoms with Crippen molar-refractivity contribution in [1.82, 2.24) is 14.6 Å². The lowest BCUT2D eigenvalue weighted by molar-refractivity contribution is 0.415. The summed E-state index contributed by atoms with van der Waals surface area (Å²) in [5.41, 5.74) is 3.35. The standard InChI is InChI=1S/C25H30N4O3/c1-15(2)6-5-7-17-8-9-18(16(3)12-17)14-26-29-24(30)23-22(28-25(29)31)20-13-19(32-4)10-11-21(20)27-23/h6,8,10-11,13-14,16,18,27H,5,7,9,12H2,1-4H3,(H,28,31)/b26-14+/t16-,18+/m0/s1. The van der Waals surface area contributed by atoms with Gasteiger partial charge in [-0.05, 0) is 63.6 Å². The number of benzene rings is 1. The summed E-state index contributed by atoms with van der Waals surface area (Å²) in [5, 5.41) is 5.03. The van der Waals surface area contributed by atoms with Gasteiger partial charge in [0.25, 0.3) is 0 Å². The third-order valence-electron chi connectivity index (χ3n) is 6.22. The summed E-state index contributed by atoms with van der Waals surface area (Å²) in [5.74, 6) is 1.25. The summed E-state index contributed by atoms with van der Waals surface area (Å²) in [6.45, 7) is 6.45. The van der Waals surface area contributed by atoms with Crippen LogP contribution in [0, 0.1) is 11.8 Å². The molecule has 0 unspecified atom stereocenters. The molecular formula is C25H30N4O3. The van der Waals surface area contributed by atoms with Gasteiger partial charge in [-0.3, -0.25) is 4.79 Å². The highest BCUT2D eigenvalue weighted by atomic mass is 16.5. The van der Waals surface area contributed by atoms with Crippen LogP contribution in [0.3, 0.4) is 0 Å². The van der Waals surface area contributed by atoms with Crippen molar-refractivity contribution < 1.29 is 4.74 Å². The number of allylic oxidation sites excluding steroid dienone is 4. The van der Waals surface area contributed by atoms with E-state index in [0.29, 0.717) is 22.7 Å². The molecule has 7 nitrogen and oxygen atoms in total. The first-order valence-electron chi connectivity index (χ1n) is 11.1. The van der Waals surface area contributed by atoms with Crippen molar-refractivity contribution in [3.05, 3.63) is 62.3 Å². The Hall–Kier alpha value is -3.35. The number of fused-ring (bicyclic) bond motifs is 3. The van der Waals surface area contributed by atoms with Crippen molar-refractivity contribution in [2.24, 2.45) is 16.9 Å². The maximum atomic E-state index is 13.0. The molecule has 1 aliphatic carbocycles. The minimum absolute atomic E-state index is 0.191. The summed E-state index contributed by atoms with van der Waals surface area (Å²) in [7, 11) is 1.58. The van der Waals surface area contributed by atoms with Crippen molar-refractivity contribution in [2.75, 3.05) is 7.11 Å². The second-order valence-electron chi connectivity index (χ2n) is 8.86. The third-order valence-corrected chi connectivity index (χ3v) is 6.22. The number of nitrogens with one attached hydrogen (secondary N) is 2. The molecule has 1 aromatic carbocycles. The number of aromatic nitrogens is 3. The number of methoxy groups -OCH3 is 1. The van der Waals surface area contributed by atoms with E-state index in [4.69, 9.17) is 4.74 Å². The van der Waals surface area contributed by atoms with Crippen molar-refractivity contribution in [3.63, 3.8) is 0 Å². The fourth-order valence-corrected chi connectivity index (χ4v) is 4.34. The van der Waals surface area contributed by atoms with Crippen molar-refractivity contribution in [3.8, 4) is 5.75 Å². The second kappa shape index (κ2) is 9.02. The second-order valence-corrected chi connectivity index (χ2v) is 8.86. The van der Waals surface area contributed by atoms with E-state index in [1.165, 1.54) is 11.1 Å². The van der Waals surface area contributed by atoms with Gasteiger partial charge in [0.2, 0.25) is 0 Å². The minimum atomic E-state index is -0.552. The Kier molecular flexibility index (Phi) is 6.17. The highest BCUT2D eigenvalue weighted by Crippen LogP contribution is 2.31. The zero-order chi connectivity index (χ0) is 22.8. The van der Waals surface area contributed by atoms with E-state index < -0.39 is 11.2 Å². The van der Waals surface area contributed by atoms with Gasteiger partial charge < -0.3 is 14.7 Å². The first-order valence-corrected chi connectivity index (χ1v) is 11.1. The topological polar surface area (TPSA) is 92.2 Å². The van der Waals surface area contributed by atoms with E-state index in [0.717, 1.165) is 41.3 Å². The largest absolute Gasteiger partial charge is 0.497 e. The Morgan fingerprint density at radius 1 is 1.25 bits per heavy atom. The molecule has 4 rings (SSSR count). The van der Waals surface area contributed by atoms with Crippen LogP contribution in [0.1, 0.15) is 46.5 Å². The highest BCUT2D eigenvalue weighted by molar-refractivity contribution is 6.04. The number of rotatable bonds is 6. The highest BCUT2D eigenvalue weighted by Gasteiger charge is 2.21. The smallest absolute Gasteiger partial charge is 0.350 e. The molecule has 2 heterocycles.